The van der Waals surface area contributed by atoms with E-state index in [-0.39, 0.29) is 23.5 Å². The number of aromatic nitrogens is 2. The van der Waals surface area contributed by atoms with Gasteiger partial charge in [0.2, 0.25) is 5.89 Å². The zero-order valence-corrected chi connectivity index (χ0v) is 10.8. The third-order valence-corrected chi connectivity index (χ3v) is 4.70. The second-order valence-electron chi connectivity index (χ2n) is 4.37. The van der Waals surface area contributed by atoms with Crippen molar-refractivity contribution in [2.24, 2.45) is 0 Å². The van der Waals surface area contributed by atoms with Crippen molar-refractivity contribution in [3.8, 4) is 0 Å². The van der Waals surface area contributed by atoms with Gasteiger partial charge in [0.05, 0.1) is 17.5 Å². The van der Waals surface area contributed by atoms with E-state index in [1.165, 1.54) is 0 Å². The molecule has 0 aromatic carbocycles. The number of nitrogens with zero attached hydrogens (tertiary/aromatic N) is 2. The van der Waals surface area contributed by atoms with Gasteiger partial charge in [-0.25, -0.2) is 8.42 Å². The van der Waals surface area contributed by atoms with Crippen molar-refractivity contribution in [1.29, 1.82) is 0 Å². The average molecular weight is 259 g/mol. The number of nitrogens with one attached hydrogen (secondary N) is 1. The summed E-state index contributed by atoms with van der Waals surface area (Å²) >= 11 is 0. The molecule has 96 valence electrons. The van der Waals surface area contributed by atoms with Gasteiger partial charge >= 0.3 is 0 Å². The molecule has 1 N–H and O–H groups in total. The minimum absolute atomic E-state index is 0.000685. The van der Waals surface area contributed by atoms with Crippen LogP contribution in [-0.4, -0.2) is 36.6 Å². The zero-order valence-electron chi connectivity index (χ0n) is 10.0. The Bertz CT molecular complexity index is 483. The van der Waals surface area contributed by atoms with E-state index in [4.69, 9.17) is 4.52 Å². The van der Waals surface area contributed by atoms with Crippen molar-refractivity contribution in [2.75, 3.05) is 18.1 Å². The molecule has 1 fully saturated rings. The van der Waals surface area contributed by atoms with Gasteiger partial charge in [-0.1, -0.05) is 12.1 Å². The van der Waals surface area contributed by atoms with Crippen LogP contribution in [0.5, 0.6) is 0 Å². The average Bonchev–Trinajstić information content (AvgIpc) is 2.84. The summed E-state index contributed by atoms with van der Waals surface area (Å²) in [4.78, 5) is 4.27. The maximum Gasteiger partial charge on any atom is 0.243 e. The van der Waals surface area contributed by atoms with Crippen molar-refractivity contribution in [1.82, 2.24) is 15.5 Å². The first-order valence-corrected chi connectivity index (χ1v) is 7.61. The van der Waals surface area contributed by atoms with Crippen LogP contribution in [0.15, 0.2) is 4.52 Å². The van der Waals surface area contributed by atoms with E-state index in [9.17, 15) is 8.42 Å². The largest absolute Gasteiger partial charge is 0.338 e. The summed E-state index contributed by atoms with van der Waals surface area (Å²) < 4.78 is 27.9. The minimum atomic E-state index is -2.90. The molecular weight excluding hydrogens is 242 g/mol. The fourth-order valence-corrected chi connectivity index (χ4v) is 3.72. The Morgan fingerprint density at radius 2 is 2.35 bits per heavy atom. The quantitative estimate of drug-likeness (QED) is 0.854. The molecule has 7 heteroatoms. The lowest BCUT2D eigenvalue weighted by atomic mass is 10.1. The molecule has 0 radical (unpaired) electrons. The van der Waals surface area contributed by atoms with Gasteiger partial charge in [-0.15, -0.1) is 0 Å². The molecule has 1 aromatic rings. The summed E-state index contributed by atoms with van der Waals surface area (Å²) in [5.41, 5.74) is 0. The normalized spacial score (nSPS) is 24.9. The molecule has 0 aliphatic carbocycles. The highest BCUT2D eigenvalue weighted by Gasteiger charge is 2.32. The molecule has 2 rings (SSSR count). The summed E-state index contributed by atoms with van der Waals surface area (Å²) in [5.74, 6) is 1.30. The smallest absolute Gasteiger partial charge is 0.243 e. The van der Waals surface area contributed by atoms with Crippen molar-refractivity contribution >= 4 is 9.84 Å². The molecule has 0 bridgehead atoms. The zero-order chi connectivity index (χ0) is 12.5. The maximum absolute atomic E-state index is 11.4. The van der Waals surface area contributed by atoms with E-state index in [1.807, 2.05) is 13.8 Å². The summed E-state index contributed by atoms with van der Waals surface area (Å²) in [6.07, 6.45) is 0.594. The monoisotopic (exact) mass is 259 g/mol. The Kier molecular flexibility index (Phi) is 3.48. The summed E-state index contributed by atoms with van der Waals surface area (Å²) in [5, 5.41) is 7.04. The molecule has 1 aliphatic heterocycles. The van der Waals surface area contributed by atoms with Crippen LogP contribution in [0.25, 0.3) is 0 Å². The number of sulfone groups is 1. The third kappa shape index (κ3) is 2.84. The Morgan fingerprint density at radius 3 is 2.94 bits per heavy atom. The number of rotatable bonds is 4. The van der Waals surface area contributed by atoms with Crippen LogP contribution in [0.3, 0.4) is 0 Å². The second kappa shape index (κ2) is 4.73. The highest BCUT2D eigenvalue weighted by atomic mass is 32.2. The Hall–Kier alpha value is -0.950. The summed E-state index contributed by atoms with van der Waals surface area (Å²) in [6.45, 7) is 4.75. The lowest BCUT2D eigenvalue weighted by Crippen LogP contribution is -2.18. The van der Waals surface area contributed by atoms with Crippen molar-refractivity contribution in [2.45, 2.75) is 32.2 Å². The lowest BCUT2D eigenvalue weighted by Gasteiger charge is -2.05. The van der Waals surface area contributed by atoms with Gasteiger partial charge in [0.1, 0.15) is 0 Å². The van der Waals surface area contributed by atoms with Crippen LogP contribution in [0.1, 0.15) is 43.9 Å². The fraction of sp³-hybridized carbons (Fsp3) is 0.800. The van der Waals surface area contributed by atoms with E-state index >= 15 is 0 Å². The van der Waals surface area contributed by atoms with Gasteiger partial charge < -0.3 is 9.84 Å². The van der Waals surface area contributed by atoms with Gasteiger partial charge in [-0.3, -0.25) is 0 Å². The van der Waals surface area contributed by atoms with Crippen LogP contribution < -0.4 is 5.32 Å². The van der Waals surface area contributed by atoms with Crippen LogP contribution >= 0.6 is 0 Å². The molecular formula is C10H17N3O3S. The van der Waals surface area contributed by atoms with Gasteiger partial charge in [0.25, 0.3) is 0 Å². The number of hydrogen-bond donors (Lipinski definition) is 1. The van der Waals surface area contributed by atoms with Crippen LogP contribution in [-0.2, 0) is 9.84 Å². The standard InChI is InChI=1S/C10H17N3O3S/c1-3-11-7(2)10-12-9(13-16-10)8-4-5-17(14,15)6-8/h7-8,11H,3-6H2,1-2H3. The number of hydrogen-bond acceptors (Lipinski definition) is 6. The lowest BCUT2D eigenvalue weighted by molar-refractivity contribution is 0.337. The first-order valence-electron chi connectivity index (χ1n) is 5.79. The van der Waals surface area contributed by atoms with Crippen LogP contribution in [0.4, 0.5) is 0 Å². The fourth-order valence-electron chi connectivity index (χ4n) is 1.98. The Morgan fingerprint density at radius 1 is 1.59 bits per heavy atom. The van der Waals surface area contributed by atoms with Crippen molar-refractivity contribution < 1.29 is 12.9 Å². The molecule has 6 nitrogen and oxygen atoms in total. The molecule has 2 heterocycles. The van der Waals surface area contributed by atoms with E-state index in [0.717, 1.165) is 6.54 Å². The molecule has 1 saturated heterocycles. The summed E-state index contributed by atoms with van der Waals surface area (Å²) in [7, 11) is -2.90. The molecule has 0 saturated carbocycles. The minimum Gasteiger partial charge on any atom is -0.338 e. The van der Waals surface area contributed by atoms with Crippen molar-refractivity contribution in [3.63, 3.8) is 0 Å². The van der Waals surface area contributed by atoms with E-state index in [1.54, 1.807) is 0 Å². The topological polar surface area (TPSA) is 85.1 Å². The molecule has 1 aliphatic rings. The van der Waals surface area contributed by atoms with Gasteiger partial charge in [-0.2, -0.15) is 4.98 Å². The van der Waals surface area contributed by atoms with E-state index in [2.05, 4.69) is 15.5 Å². The Labute approximate surface area is 101 Å². The van der Waals surface area contributed by atoms with Crippen LogP contribution in [0.2, 0.25) is 0 Å². The second-order valence-corrected chi connectivity index (χ2v) is 6.60. The molecule has 1 aromatic heterocycles. The SMILES string of the molecule is CCNC(C)c1nc(C2CCS(=O)(=O)C2)no1. The maximum atomic E-state index is 11.4. The van der Waals surface area contributed by atoms with E-state index < -0.39 is 9.84 Å². The van der Waals surface area contributed by atoms with Gasteiger partial charge in [0, 0.05) is 5.92 Å². The first kappa shape index (κ1) is 12.5. The predicted molar refractivity (Wildman–Crippen MR) is 62.4 cm³/mol. The third-order valence-electron chi connectivity index (χ3n) is 2.94. The highest BCUT2D eigenvalue weighted by molar-refractivity contribution is 7.91. The molecule has 0 amide bonds. The molecule has 0 spiro atoms. The predicted octanol–water partition coefficient (Wildman–Crippen LogP) is 0.642. The molecule has 2 atom stereocenters. The first-order chi connectivity index (χ1) is 8.02. The van der Waals surface area contributed by atoms with E-state index in [0.29, 0.717) is 18.1 Å². The Balaban J connectivity index is 2.09. The summed E-state index contributed by atoms with van der Waals surface area (Å²) in [6, 6.07) is -0.000685. The molecule has 17 heavy (non-hydrogen) atoms. The molecule has 2 unspecified atom stereocenters. The highest BCUT2D eigenvalue weighted by Crippen LogP contribution is 2.27. The van der Waals surface area contributed by atoms with Crippen molar-refractivity contribution in [3.05, 3.63) is 11.7 Å². The van der Waals surface area contributed by atoms with Gasteiger partial charge in [0.15, 0.2) is 15.7 Å². The van der Waals surface area contributed by atoms with Crippen LogP contribution in [0, 0.1) is 0 Å². The van der Waals surface area contributed by atoms with Gasteiger partial charge in [-0.05, 0) is 19.9 Å².